The summed E-state index contributed by atoms with van der Waals surface area (Å²) in [4.78, 5) is 0. The first-order valence-electron chi connectivity index (χ1n) is 5.24. The van der Waals surface area contributed by atoms with Gasteiger partial charge in [-0.25, -0.2) is 0 Å². The maximum atomic E-state index is 6.22. The van der Waals surface area contributed by atoms with E-state index in [1.807, 2.05) is 54.6 Å². The Kier molecular flexibility index (Phi) is 3.35. The molecule has 0 radical (unpaired) electrons. The second-order valence-electron chi connectivity index (χ2n) is 3.78. The van der Waals surface area contributed by atoms with Crippen LogP contribution in [-0.2, 0) is 0 Å². The van der Waals surface area contributed by atoms with Crippen molar-refractivity contribution in [3.8, 4) is 0 Å². The molecule has 0 bridgehead atoms. The van der Waals surface area contributed by atoms with Crippen molar-refractivity contribution >= 4 is 34.1 Å². The molecule has 0 aromatic heterocycles. The molecule has 0 fully saturated rings. The van der Waals surface area contributed by atoms with Gasteiger partial charge < -0.3 is 11.5 Å². The van der Waals surface area contributed by atoms with E-state index in [9.17, 15) is 0 Å². The highest BCUT2D eigenvalue weighted by atomic mass is 35.5. The zero-order valence-electron chi connectivity index (χ0n) is 9.23. The van der Waals surface area contributed by atoms with Crippen molar-refractivity contribution < 1.29 is 0 Å². The summed E-state index contributed by atoms with van der Waals surface area (Å²) >= 11 is 6.22. The van der Waals surface area contributed by atoms with Gasteiger partial charge in [0.25, 0.3) is 0 Å². The van der Waals surface area contributed by atoms with Crippen molar-refractivity contribution in [2.24, 2.45) is 0 Å². The summed E-state index contributed by atoms with van der Waals surface area (Å²) in [7, 11) is 0. The molecule has 2 aromatic carbocycles. The van der Waals surface area contributed by atoms with Crippen LogP contribution in [0.4, 0.5) is 11.4 Å². The fourth-order valence-corrected chi connectivity index (χ4v) is 1.72. The fourth-order valence-electron chi connectivity index (χ4n) is 1.46. The Morgan fingerprint density at radius 3 is 1.82 bits per heavy atom. The van der Waals surface area contributed by atoms with Gasteiger partial charge in [-0.2, -0.15) is 0 Å². The SMILES string of the molecule is Nc1ccc(/C=C(\Cl)c2ccc(N)cc2)cc1. The topological polar surface area (TPSA) is 52.0 Å². The molecule has 2 nitrogen and oxygen atoms in total. The normalized spacial score (nSPS) is 11.5. The molecule has 3 heteroatoms. The molecule has 0 unspecified atom stereocenters. The number of anilines is 2. The number of halogens is 1. The van der Waals surface area contributed by atoms with Crippen LogP contribution in [0.15, 0.2) is 48.5 Å². The van der Waals surface area contributed by atoms with Gasteiger partial charge in [0.05, 0.1) is 0 Å². The van der Waals surface area contributed by atoms with Gasteiger partial charge in [0, 0.05) is 16.4 Å². The molecule has 17 heavy (non-hydrogen) atoms. The van der Waals surface area contributed by atoms with E-state index < -0.39 is 0 Å². The lowest BCUT2D eigenvalue weighted by molar-refractivity contribution is 1.62. The van der Waals surface area contributed by atoms with Crippen LogP contribution in [-0.4, -0.2) is 0 Å². The standard InChI is InChI=1S/C14H13ClN2/c15-14(11-3-7-13(17)8-4-11)9-10-1-5-12(16)6-2-10/h1-9H,16-17H2/b14-9-. The summed E-state index contributed by atoms with van der Waals surface area (Å²) in [5.74, 6) is 0. The van der Waals surface area contributed by atoms with Crippen LogP contribution in [0.2, 0.25) is 0 Å². The highest BCUT2D eigenvalue weighted by Crippen LogP contribution is 2.23. The monoisotopic (exact) mass is 244 g/mol. The zero-order valence-corrected chi connectivity index (χ0v) is 9.98. The molecule has 0 saturated heterocycles. The van der Waals surface area contributed by atoms with Crippen molar-refractivity contribution in [1.82, 2.24) is 0 Å². The van der Waals surface area contributed by atoms with Crippen molar-refractivity contribution in [1.29, 1.82) is 0 Å². The number of nitrogens with two attached hydrogens (primary N) is 2. The average molecular weight is 245 g/mol. The molecule has 0 atom stereocenters. The van der Waals surface area contributed by atoms with Crippen LogP contribution < -0.4 is 11.5 Å². The zero-order chi connectivity index (χ0) is 12.3. The first kappa shape index (κ1) is 11.6. The molecule has 2 aromatic rings. The van der Waals surface area contributed by atoms with Gasteiger partial charge in [-0.1, -0.05) is 35.9 Å². The summed E-state index contributed by atoms with van der Waals surface area (Å²) in [5.41, 5.74) is 14.7. The van der Waals surface area contributed by atoms with Gasteiger partial charge in [0.15, 0.2) is 0 Å². The summed E-state index contributed by atoms with van der Waals surface area (Å²) in [6.07, 6.45) is 1.90. The van der Waals surface area contributed by atoms with Crippen molar-refractivity contribution in [2.75, 3.05) is 11.5 Å². The van der Waals surface area contributed by atoms with Crippen LogP contribution in [0, 0.1) is 0 Å². The Hall–Kier alpha value is -1.93. The number of rotatable bonds is 2. The van der Waals surface area contributed by atoms with E-state index in [1.165, 1.54) is 0 Å². The lowest BCUT2D eigenvalue weighted by Crippen LogP contribution is -1.85. The highest BCUT2D eigenvalue weighted by molar-refractivity contribution is 6.51. The molecule has 0 aliphatic heterocycles. The highest BCUT2D eigenvalue weighted by Gasteiger charge is 1.98. The van der Waals surface area contributed by atoms with Crippen LogP contribution in [0.1, 0.15) is 11.1 Å². The second kappa shape index (κ2) is 4.93. The number of nitrogen functional groups attached to an aromatic ring is 2. The maximum Gasteiger partial charge on any atom is 0.0484 e. The van der Waals surface area contributed by atoms with E-state index >= 15 is 0 Å². The molecule has 2 rings (SSSR count). The fraction of sp³-hybridized carbons (Fsp3) is 0. The van der Waals surface area contributed by atoms with Gasteiger partial charge in [-0.05, 0) is 41.5 Å². The summed E-state index contributed by atoms with van der Waals surface area (Å²) < 4.78 is 0. The summed E-state index contributed by atoms with van der Waals surface area (Å²) in [6.45, 7) is 0. The summed E-state index contributed by atoms with van der Waals surface area (Å²) in [5, 5.41) is 0.676. The number of hydrogen-bond donors (Lipinski definition) is 2. The largest absolute Gasteiger partial charge is 0.399 e. The van der Waals surface area contributed by atoms with Crippen LogP contribution in [0.5, 0.6) is 0 Å². The van der Waals surface area contributed by atoms with Gasteiger partial charge in [-0.15, -0.1) is 0 Å². The van der Waals surface area contributed by atoms with Crippen molar-refractivity contribution in [3.63, 3.8) is 0 Å². The molecule has 86 valence electrons. The Morgan fingerprint density at radius 2 is 1.29 bits per heavy atom. The van der Waals surface area contributed by atoms with E-state index in [4.69, 9.17) is 23.1 Å². The quantitative estimate of drug-likeness (QED) is 0.627. The Balaban J connectivity index is 2.27. The predicted molar refractivity (Wildman–Crippen MR) is 75.4 cm³/mol. The van der Waals surface area contributed by atoms with Crippen molar-refractivity contribution in [2.45, 2.75) is 0 Å². The van der Waals surface area contributed by atoms with Crippen LogP contribution >= 0.6 is 11.6 Å². The van der Waals surface area contributed by atoms with Gasteiger partial charge in [-0.3, -0.25) is 0 Å². The van der Waals surface area contributed by atoms with Crippen LogP contribution in [0.3, 0.4) is 0 Å². The number of hydrogen-bond acceptors (Lipinski definition) is 2. The molecular weight excluding hydrogens is 232 g/mol. The van der Waals surface area contributed by atoms with E-state index in [2.05, 4.69) is 0 Å². The Morgan fingerprint density at radius 1 is 0.824 bits per heavy atom. The van der Waals surface area contributed by atoms with E-state index in [0.717, 1.165) is 22.5 Å². The average Bonchev–Trinajstić information content (AvgIpc) is 2.33. The van der Waals surface area contributed by atoms with Gasteiger partial charge in [0.2, 0.25) is 0 Å². The lowest BCUT2D eigenvalue weighted by Gasteiger charge is -2.01. The minimum absolute atomic E-state index is 0.676. The molecule has 4 N–H and O–H groups in total. The molecule has 0 aliphatic rings. The third-order valence-corrected chi connectivity index (χ3v) is 2.74. The number of benzene rings is 2. The first-order chi connectivity index (χ1) is 8.15. The van der Waals surface area contributed by atoms with Crippen LogP contribution in [0.25, 0.3) is 11.1 Å². The molecule has 0 saturated carbocycles. The minimum Gasteiger partial charge on any atom is -0.399 e. The smallest absolute Gasteiger partial charge is 0.0484 e. The minimum atomic E-state index is 0.676. The second-order valence-corrected chi connectivity index (χ2v) is 4.19. The van der Waals surface area contributed by atoms with Gasteiger partial charge >= 0.3 is 0 Å². The summed E-state index contributed by atoms with van der Waals surface area (Å²) in [6, 6.07) is 15.0. The third kappa shape index (κ3) is 3.02. The molecule has 0 aliphatic carbocycles. The van der Waals surface area contributed by atoms with Gasteiger partial charge in [0.1, 0.15) is 0 Å². The molecule has 0 amide bonds. The molecule has 0 spiro atoms. The Labute approximate surface area is 106 Å². The van der Waals surface area contributed by atoms with Crippen molar-refractivity contribution in [3.05, 3.63) is 59.7 Å². The lowest BCUT2D eigenvalue weighted by atomic mass is 10.1. The van der Waals surface area contributed by atoms with E-state index in [1.54, 1.807) is 0 Å². The van der Waals surface area contributed by atoms with E-state index in [0.29, 0.717) is 5.03 Å². The first-order valence-corrected chi connectivity index (χ1v) is 5.61. The Bertz CT molecular complexity index is 527. The predicted octanol–water partition coefficient (Wildman–Crippen LogP) is 3.59. The third-order valence-electron chi connectivity index (χ3n) is 2.42. The molecule has 0 heterocycles. The molecular formula is C14H13ClN2. The van der Waals surface area contributed by atoms with E-state index in [-0.39, 0.29) is 0 Å². The maximum absolute atomic E-state index is 6.22.